The van der Waals surface area contributed by atoms with Crippen molar-refractivity contribution < 1.29 is 5.32 Å². The molecule has 0 aliphatic carbocycles. The Labute approximate surface area is 68.4 Å². The van der Waals surface area contributed by atoms with Gasteiger partial charge in [-0.2, -0.15) is 0 Å². The molecule has 0 aliphatic heterocycles. The summed E-state index contributed by atoms with van der Waals surface area (Å²) in [6.45, 7) is 5.39. The molecule has 0 aromatic heterocycles. The first-order valence-corrected chi connectivity index (χ1v) is 4.08. The molecule has 1 heteroatoms. The van der Waals surface area contributed by atoms with Crippen LogP contribution in [0, 0.1) is 13.8 Å². The zero-order valence-electron chi connectivity index (χ0n) is 7.52. The van der Waals surface area contributed by atoms with Crippen molar-refractivity contribution in [2.24, 2.45) is 0 Å². The van der Waals surface area contributed by atoms with E-state index in [2.05, 4.69) is 44.4 Å². The summed E-state index contributed by atoms with van der Waals surface area (Å²) in [6.07, 6.45) is 0. The van der Waals surface area contributed by atoms with Crippen molar-refractivity contribution in [2.75, 3.05) is 7.05 Å². The fourth-order valence-electron chi connectivity index (χ4n) is 1.17. The molecule has 0 atom stereocenters. The Bertz CT molecular complexity index is 241. The van der Waals surface area contributed by atoms with Gasteiger partial charge in [-0.05, 0) is 25.0 Å². The topological polar surface area (TPSA) is 16.6 Å². The van der Waals surface area contributed by atoms with E-state index in [1.807, 2.05) is 0 Å². The third-order valence-corrected chi connectivity index (χ3v) is 2.01. The molecule has 0 unspecified atom stereocenters. The average molecular weight is 150 g/mol. The molecule has 0 saturated carbocycles. The number of quaternary nitrogens is 1. The first-order chi connectivity index (χ1) is 5.24. The van der Waals surface area contributed by atoms with E-state index in [4.69, 9.17) is 0 Å². The van der Waals surface area contributed by atoms with Crippen LogP contribution in [0.2, 0.25) is 0 Å². The molecule has 0 heterocycles. The van der Waals surface area contributed by atoms with Crippen molar-refractivity contribution >= 4 is 0 Å². The van der Waals surface area contributed by atoms with E-state index < -0.39 is 0 Å². The van der Waals surface area contributed by atoms with Gasteiger partial charge in [-0.1, -0.05) is 18.2 Å². The predicted octanol–water partition coefficient (Wildman–Crippen LogP) is 0.997. The van der Waals surface area contributed by atoms with Gasteiger partial charge in [0.25, 0.3) is 0 Å². The smallest absolute Gasteiger partial charge is 0.101 e. The highest BCUT2D eigenvalue weighted by Gasteiger charge is 1.95. The third kappa shape index (κ3) is 2.05. The van der Waals surface area contributed by atoms with Gasteiger partial charge in [-0.3, -0.25) is 0 Å². The molecule has 2 N–H and O–H groups in total. The minimum Gasteiger partial charge on any atom is -0.345 e. The summed E-state index contributed by atoms with van der Waals surface area (Å²) in [5.41, 5.74) is 4.19. The maximum atomic E-state index is 2.26. The Morgan fingerprint density at radius 2 is 1.91 bits per heavy atom. The van der Waals surface area contributed by atoms with Crippen LogP contribution in [-0.4, -0.2) is 7.05 Å². The number of benzene rings is 1. The summed E-state index contributed by atoms with van der Waals surface area (Å²) >= 11 is 0. The van der Waals surface area contributed by atoms with Crippen LogP contribution in [0.5, 0.6) is 0 Å². The van der Waals surface area contributed by atoms with Crippen LogP contribution in [0.1, 0.15) is 16.7 Å². The lowest BCUT2D eigenvalue weighted by molar-refractivity contribution is -0.643. The van der Waals surface area contributed by atoms with Crippen LogP contribution in [0.15, 0.2) is 18.2 Å². The Kier molecular flexibility index (Phi) is 2.66. The van der Waals surface area contributed by atoms with Crippen molar-refractivity contribution in [3.05, 3.63) is 34.9 Å². The molecule has 1 rings (SSSR count). The zero-order valence-corrected chi connectivity index (χ0v) is 7.52. The minimum atomic E-state index is 1.08. The average Bonchev–Trinajstić information content (AvgIpc) is 1.98. The SMILES string of the molecule is C[NH2+]Cc1ccc(C)c(C)c1. The number of hydrogen-bond acceptors (Lipinski definition) is 0. The molecular formula is C10H16N+. The first kappa shape index (κ1) is 8.28. The Morgan fingerprint density at radius 1 is 1.18 bits per heavy atom. The second-order valence-corrected chi connectivity index (χ2v) is 3.03. The molecule has 11 heavy (non-hydrogen) atoms. The van der Waals surface area contributed by atoms with E-state index in [0.29, 0.717) is 0 Å². The highest BCUT2D eigenvalue weighted by Crippen LogP contribution is 2.08. The quantitative estimate of drug-likeness (QED) is 0.647. The monoisotopic (exact) mass is 150 g/mol. The summed E-state index contributed by atoms with van der Waals surface area (Å²) in [7, 11) is 2.09. The lowest BCUT2D eigenvalue weighted by Crippen LogP contribution is -2.77. The maximum Gasteiger partial charge on any atom is 0.101 e. The largest absolute Gasteiger partial charge is 0.345 e. The van der Waals surface area contributed by atoms with Crippen LogP contribution in [0.4, 0.5) is 0 Å². The van der Waals surface area contributed by atoms with Crippen molar-refractivity contribution in [1.29, 1.82) is 0 Å². The summed E-state index contributed by atoms with van der Waals surface area (Å²) < 4.78 is 0. The van der Waals surface area contributed by atoms with Crippen LogP contribution >= 0.6 is 0 Å². The Hall–Kier alpha value is -0.820. The molecule has 0 aliphatic rings. The molecule has 0 spiro atoms. The van der Waals surface area contributed by atoms with E-state index in [1.165, 1.54) is 16.7 Å². The van der Waals surface area contributed by atoms with Gasteiger partial charge >= 0.3 is 0 Å². The molecular weight excluding hydrogens is 134 g/mol. The van der Waals surface area contributed by atoms with Crippen LogP contribution < -0.4 is 5.32 Å². The first-order valence-electron chi connectivity index (χ1n) is 4.08. The van der Waals surface area contributed by atoms with Gasteiger partial charge in [0, 0.05) is 5.56 Å². The highest BCUT2D eigenvalue weighted by atomic mass is 14.8. The highest BCUT2D eigenvalue weighted by molar-refractivity contribution is 5.29. The number of nitrogens with two attached hydrogens (primary N) is 1. The lowest BCUT2D eigenvalue weighted by atomic mass is 10.1. The number of aryl methyl sites for hydroxylation is 2. The van der Waals surface area contributed by atoms with Crippen molar-refractivity contribution in [3.63, 3.8) is 0 Å². The van der Waals surface area contributed by atoms with E-state index in [9.17, 15) is 0 Å². The fourth-order valence-corrected chi connectivity index (χ4v) is 1.17. The Balaban J connectivity index is 2.86. The van der Waals surface area contributed by atoms with E-state index in [0.717, 1.165) is 6.54 Å². The van der Waals surface area contributed by atoms with Gasteiger partial charge in [0.1, 0.15) is 6.54 Å². The standard InChI is InChI=1S/C10H15N/c1-8-4-5-10(7-11-3)6-9(8)2/h4-6,11H,7H2,1-3H3/p+1. The van der Waals surface area contributed by atoms with E-state index in [1.54, 1.807) is 0 Å². The molecule has 0 amide bonds. The van der Waals surface area contributed by atoms with Gasteiger partial charge in [0.05, 0.1) is 7.05 Å². The second kappa shape index (κ2) is 3.54. The zero-order chi connectivity index (χ0) is 8.27. The van der Waals surface area contributed by atoms with E-state index >= 15 is 0 Å². The van der Waals surface area contributed by atoms with Crippen molar-refractivity contribution in [2.45, 2.75) is 20.4 Å². The third-order valence-electron chi connectivity index (χ3n) is 2.01. The molecule has 0 saturated heterocycles. The van der Waals surface area contributed by atoms with Crippen molar-refractivity contribution in [1.82, 2.24) is 0 Å². The fraction of sp³-hybridized carbons (Fsp3) is 0.400. The molecule has 0 radical (unpaired) electrons. The molecule has 1 aromatic carbocycles. The summed E-state index contributed by atoms with van der Waals surface area (Å²) in [5.74, 6) is 0. The summed E-state index contributed by atoms with van der Waals surface area (Å²) in [5, 5.41) is 2.18. The van der Waals surface area contributed by atoms with Gasteiger partial charge in [-0.15, -0.1) is 0 Å². The van der Waals surface area contributed by atoms with Gasteiger partial charge in [0.2, 0.25) is 0 Å². The minimum absolute atomic E-state index is 1.08. The van der Waals surface area contributed by atoms with Crippen LogP contribution in [0.3, 0.4) is 0 Å². The molecule has 0 bridgehead atoms. The predicted molar refractivity (Wildman–Crippen MR) is 47.5 cm³/mol. The number of rotatable bonds is 2. The van der Waals surface area contributed by atoms with Gasteiger partial charge in [-0.25, -0.2) is 0 Å². The molecule has 1 aromatic rings. The number of hydrogen-bond donors (Lipinski definition) is 1. The molecule has 0 fully saturated rings. The van der Waals surface area contributed by atoms with Gasteiger partial charge < -0.3 is 5.32 Å². The summed E-state index contributed by atoms with van der Waals surface area (Å²) in [6, 6.07) is 6.64. The lowest BCUT2D eigenvalue weighted by Gasteiger charge is -2.01. The molecule has 60 valence electrons. The maximum absolute atomic E-state index is 2.26. The van der Waals surface area contributed by atoms with Crippen LogP contribution in [0.25, 0.3) is 0 Å². The Morgan fingerprint density at radius 3 is 2.45 bits per heavy atom. The van der Waals surface area contributed by atoms with Crippen molar-refractivity contribution in [3.8, 4) is 0 Å². The molecule has 1 nitrogen and oxygen atoms in total. The second-order valence-electron chi connectivity index (χ2n) is 3.03. The van der Waals surface area contributed by atoms with Gasteiger partial charge in [0.15, 0.2) is 0 Å². The van der Waals surface area contributed by atoms with E-state index in [-0.39, 0.29) is 0 Å². The summed E-state index contributed by atoms with van der Waals surface area (Å²) in [4.78, 5) is 0. The normalized spacial score (nSPS) is 10.1. The van der Waals surface area contributed by atoms with Crippen LogP contribution in [-0.2, 0) is 6.54 Å².